The second kappa shape index (κ2) is 6.45. The average Bonchev–Trinajstić information content (AvgIpc) is 2.15. The van der Waals surface area contributed by atoms with Gasteiger partial charge >= 0.3 is 0 Å². The molecule has 0 spiro atoms. The van der Waals surface area contributed by atoms with Crippen LogP contribution in [0.1, 0.15) is 0 Å². The van der Waals surface area contributed by atoms with E-state index in [2.05, 4.69) is 0 Å². The second-order valence-corrected chi connectivity index (χ2v) is 2.43. The fraction of sp³-hybridized carbons (Fsp3) is 0.333. The lowest BCUT2D eigenvalue weighted by molar-refractivity contribution is 0.323. The summed E-state index contributed by atoms with van der Waals surface area (Å²) in [5.74, 6) is 0.237. The summed E-state index contributed by atoms with van der Waals surface area (Å²) in [5, 5.41) is 0. The molecule has 1 aromatic rings. The van der Waals surface area contributed by atoms with Crippen LogP contribution in [0.25, 0.3) is 0 Å². The van der Waals surface area contributed by atoms with E-state index in [9.17, 15) is 4.39 Å². The average molecular weight is 222 g/mol. The minimum atomic E-state index is -0.433. The first-order valence-corrected chi connectivity index (χ1v) is 3.94. The van der Waals surface area contributed by atoms with Crippen molar-refractivity contribution in [3.8, 4) is 11.5 Å². The van der Waals surface area contributed by atoms with Crippen molar-refractivity contribution < 1.29 is 13.9 Å². The quantitative estimate of drug-likeness (QED) is 0.840. The number of hydrogen-bond acceptors (Lipinski definition) is 3. The second-order valence-electron chi connectivity index (χ2n) is 2.43. The van der Waals surface area contributed by atoms with Crippen molar-refractivity contribution in [3.05, 3.63) is 24.0 Å². The van der Waals surface area contributed by atoms with E-state index in [1.807, 2.05) is 0 Å². The lowest BCUT2D eigenvalue weighted by Gasteiger charge is -2.06. The Morgan fingerprint density at radius 1 is 1.43 bits per heavy atom. The number of ether oxygens (including phenoxy) is 2. The van der Waals surface area contributed by atoms with E-state index in [1.165, 1.54) is 19.2 Å². The summed E-state index contributed by atoms with van der Waals surface area (Å²) in [6, 6.07) is 4.42. The predicted octanol–water partition coefficient (Wildman–Crippen LogP) is 1.59. The molecule has 1 aromatic carbocycles. The number of hydrogen-bond donors (Lipinski definition) is 1. The molecule has 0 heterocycles. The molecule has 0 radical (unpaired) electrons. The summed E-state index contributed by atoms with van der Waals surface area (Å²) in [6.45, 7) is 0.791. The van der Waals surface area contributed by atoms with Gasteiger partial charge in [-0.25, -0.2) is 4.39 Å². The maximum atomic E-state index is 13.0. The molecule has 80 valence electrons. The number of nitrogens with two attached hydrogens (primary N) is 1. The molecule has 0 saturated heterocycles. The number of benzene rings is 1. The normalized spacial score (nSPS) is 9.07. The van der Waals surface area contributed by atoms with Gasteiger partial charge in [0.1, 0.15) is 12.4 Å². The van der Waals surface area contributed by atoms with Crippen molar-refractivity contribution in [2.45, 2.75) is 0 Å². The molecule has 0 unspecified atom stereocenters. The third kappa shape index (κ3) is 3.40. The van der Waals surface area contributed by atoms with Crippen molar-refractivity contribution in [2.75, 3.05) is 20.3 Å². The largest absolute Gasteiger partial charge is 0.494 e. The van der Waals surface area contributed by atoms with Gasteiger partial charge in [0.05, 0.1) is 7.11 Å². The molecule has 1 rings (SSSR count). The minimum absolute atomic E-state index is 0. The van der Waals surface area contributed by atoms with Crippen LogP contribution in [-0.4, -0.2) is 20.3 Å². The Morgan fingerprint density at radius 3 is 2.64 bits per heavy atom. The number of rotatable bonds is 4. The molecule has 5 heteroatoms. The first-order valence-electron chi connectivity index (χ1n) is 3.94. The van der Waals surface area contributed by atoms with Crippen LogP contribution in [0, 0.1) is 5.82 Å². The Morgan fingerprint density at radius 2 is 2.14 bits per heavy atom. The molecule has 3 nitrogen and oxygen atoms in total. The van der Waals surface area contributed by atoms with Crippen LogP contribution < -0.4 is 15.2 Å². The standard InChI is InChI=1S/C9H12FNO2.ClH/c1-12-9-3-2-7(6-8(9)10)13-5-4-11;/h2-3,6H,4-5,11H2,1H3;1H. The highest BCUT2D eigenvalue weighted by atomic mass is 35.5. The molecule has 0 fully saturated rings. The summed E-state index contributed by atoms with van der Waals surface area (Å²) in [5.41, 5.74) is 5.23. The third-order valence-corrected chi connectivity index (χ3v) is 1.51. The molecule has 0 aliphatic rings. The molecule has 0 saturated carbocycles. The number of halogens is 2. The lowest BCUT2D eigenvalue weighted by Crippen LogP contribution is -2.10. The molecular formula is C9H13ClFNO2. The van der Waals surface area contributed by atoms with E-state index in [-0.39, 0.29) is 18.2 Å². The van der Waals surface area contributed by atoms with Crippen LogP contribution in [0.3, 0.4) is 0 Å². The van der Waals surface area contributed by atoms with Gasteiger partial charge in [0.2, 0.25) is 0 Å². The van der Waals surface area contributed by atoms with E-state index < -0.39 is 5.82 Å². The maximum Gasteiger partial charge on any atom is 0.168 e. The Hall–Kier alpha value is -1.00. The monoisotopic (exact) mass is 221 g/mol. The first-order chi connectivity index (χ1) is 6.27. The van der Waals surface area contributed by atoms with Crippen molar-refractivity contribution in [2.24, 2.45) is 5.73 Å². The lowest BCUT2D eigenvalue weighted by atomic mass is 10.3. The zero-order chi connectivity index (χ0) is 9.68. The van der Waals surface area contributed by atoms with Crippen molar-refractivity contribution in [1.29, 1.82) is 0 Å². The van der Waals surface area contributed by atoms with Gasteiger partial charge in [-0.3, -0.25) is 0 Å². The fourth-order valence-corrected chi connectivity index (χ4v) is 0.914. The first kappa shape index (κ1) is 13.0. The molecule has 0 bridgehead atoms. The molecule has 0 aliphatic heterocycles. The van der Waals surface area contributed by atoms with Crippen LogP contribution in [0.5, 0.6) is 11.5 Å². The Labute approximate surface area is 88.4 Å². The summed E-state index contributed by atoms with van der Waals surface area (Å²) < 4.78 is 22.9. The molecule has 0 amide bonds. The minimum Gasteiger partial charge on any atom is -0.494 e. The van der Waals surface area contributed by atoms with Gasteiger partial charge in [-0.2, -0.15) is 0 Å². The van der Waals surface area contributed by atoms with E-state index in [4.69, 9.17) is 15.2 Å². The van der Waals surface area contributed by atoms with Crippen LogP contribution >= 0.6 is 12.4 Å². The SMILES string of the molecule is COc1ccc(OCCN)cc1F.Cl. The van der Waals surface area contributed by atoms with Crippen LogP contribution in [0.15, 0.2) is 18.2 Å². The van der Waals surface area contributed by atoms with E-state index in [0.29, 0.717) is 18.9 Å². The van der Waals surface area contributed by atoms with Gasteiger partial charge in [0.25, 0.3) is 0 Å². The predicted molar refractivity (Wildman–Crippen MR) is 54.7 cm³/mol. The van der Waals surface area contributed by atoms with Crippen LogP contribution in [0.2, 0.25) is 0 Å². The van der Waals surface area contributed by atoms with Crippen molar-refractivity contribution in [3.63, 3.8) is 0 Å². The van der Waals surface area contributed by atoms with Crippen LogP contribution in [0.4, 0.5) is 4.39 Å². The molecule has 2 N–H and O–H groups in total. The topological polar surface area (TPSA) is 44.5 Å². The molecule has 14 heavy (non-hydrogen) atoms. The molecular weight excluding hydrogens is 209 g/mol. The third-order valence-electron chi connectivity index (χ3n) is 1.51. The highest BCUT2D eigenvalue weighted by Crippen LogP contribution is 2.21. The summed E-state index contributed by atoms with van der Waals surface area (Å²) in [4.78, 5) is 0. The summed E-state index contributed by atoms with van der Waals surface area (Å²) >= 11 is 0. The highest BCUT2D eigenvalue weighted by Gasteiger charge is 2.03. The summed E-state index contributed by atoms with van der Waals surface area (Å²) in [6.07, 6.45) is 0. The Bertz CT molecular complexity index is 284. The van der Waals surface area contributed by atoms with Crippen molar-refractivity contribution in [1.82, 2.24) is 0 Å². The smallest absolute Gasteiger partial charge is 0.168 e. The van der Waals surface area contributed by atoms with Gasteiger partial charge in [-0.1, -0.05) is 0 Å². The van der Waals surface area contributed by atoms with Gasteiger partial charge in [0, 0.05) is 12.6 Å². The Balaban J connectivity index is 0.00000169. The maximum absolute atomic E-state index is 13.0. The zero-order valence-electron chi connectivity index (χ0n) is 7.83. The van der Waals surface area contributed by atoms with Crippen molar-refractivity contribution >= 4 is 12.4 Å². The highest BCUT2D eigenvalue weighted by molar-refractivity contribution is 5.85. The molecule has 0 atom stereocenters. The van der Waals surface area contributed by atoms with E-state index in [0.717, 1.165) is 0 Å². The zero-order valence-corrected chi connectivity index (χ0v) is 8.64. The molecule has 0 aliphatic carbocycles. The van der Waals surface area contributed by atoms with Gasteiger partial charge in [0.15, 0.2) is 11.6 Å². The van der Waals surface area contributed by atoms with E-state index in [1.54, 1.807) is 6.07 Å². The Kier molecular flexibility index (Phi) is 5.99. The molecule has 0 aromatic heterocycles. The van der Waals surface area contributed by atoms with Gasteiger partial charge < -0.3 is 15.2 Å². The fourth-order valence-electron chi connectivity index (χ4n) is 0.914. The van der Waals surface area contributed by atoms with Gasteiger partial charge in [-0.15, -0.1) is 12.4 Å². The number of methoxy groups -OCH3 is 1. The summed E-state index contributed by atoms with van der Waals surface area (Å²) in [7, 11) is 1.42. The van der Waals surface area contributed by atoms with Crippen LogP contribution in [-0.2, 0) is 0 Å². The van der Waals surface area contributed by atoms with E-state index >= 15 is 0 Å². The van der Waals surface area contributed by atoms with Gasteiger partial charge in [-0.05, 0) is 12.1 Å².